The third kappa shape index (κ3) is 5.48. The monoisotopic (exact) mass is 521 g/mol. The molecular weight excluding hydrogens is 494 g/mol. The van der Waals surface area contributed by atoms with E-state index in [1.54, 1.807) is 14.0 Å². The number of nitrogens with zero attached hydrogens (tertiary/aromatic N) is 5. The Morgan fingerprint density at radius 3 is 2.60 bits per heavy atom. The summed E-state index contributed by atoms with van der Waals surface area (Å²) < 4.78 is 45.7. The van der Waals surface area contributed by atoms with E-state index >= 15 is 0 Å². The molecule has 0 radical (unpaired) electrons. The minimum Gasteiger partial charge on any atom is -0.496 e. The molecule has 12 heteroatoms. The summed E-state index contributed by atoms with van der Waals surface area (Å²) in [6.07, 6.45) is 3.63. The van der Waals surface area contributed by atoms with Gasteiger partial charge in [0.25, 0.3) is 0 Å². The lowest BCUT2D eigenvalue weighted by Crippen LogP contribution is -2.31. The molecule has 1 aromatic carbocycles. The number of methoxy groups -OCH3 is 2. The van der Waals surface area contributed by atoms with Crippen LogP contribution in [0.1, 0.15) is 43.6 Å². The maximum atomic E-state index is 13.5. The predicted molar refractivity (Wildman–Crippen MR) is 130 cm³/mol. The number of rotatable bonds is 9. The Morgan fingerprint density at radius 1 is 1.20 bits per heavy atom. The van der Waals surface area contributed by atoms with Gasteiger partial charge in [-0.15, -0.1) is 10.2 Å². The van der Waals surface area contributed by atoms with E-state index in [-0.39, 0.29) is 17.6 Å². The molecule has 3 atom stereocenters. The van der Waals surface area contributed by atoms with E-state index in [9.17, 15) is 8.42 Å². The molecule has 0 saturated carbocycles. The molecular formula is C23H28ClN5O5S. The lowest BCUT2D eigenvalue weighted by Gasteiger charge is -2.27. The zero-order valence-corrected chi connectivity index (χ0v) is 21.4. The topological polar surface area (TPSA) is 118 Å². The van der Waals surface area contributed by atoms with Crippen LogP contribution in [0.25, 0.3) is 11.4 Å². The first-order valence-electron chi connectivity index (χ1n) is 11.2. The van der Waals surface area contributed by atoms with Crippen LogP contribution in [0.3, 0.4) is 0 Å². The van der Waals surface area contributed by atoms with E-state index in [0.29, 0.717) is 35.6 Å². The maximum absolute atomic E-state index is 13.5. The fourth-order valence-electron chi connectivity index (χ4n) is 4.22. The fraction of sp³-hybridized carbons (Fsp3) is 0.478. The van der Waals surface area contributed by atoms with Crippen molar-refractivity contribution in [2.24, 2.45) is 0 Å². The first-order valence-corrected chi connectivity index (χ1v) is 13.3. The molecule has 10 nitrogen and oxygen atoms in total. The van der Waals surface area contributed by atoms with E-state index in [1.165, 1.54) is 19.5 Å². The number of aromatic nitrogens is 5. The molecule has 1 aliphatic heterocycles. The summed E-state index contributed by atoms with van der Waals surface area (Å²) in [7, 11) is -0.752. The van der Waals surface area contributed by atoms with Gasteiger partial charge in [0.15, 0.2) is 21.5 Å². The van der Waals surface area contributed by atoms with Crippen molar-refractivity contribution in [1.82, 2.24) is 24.7 Å². The molecule has 0 aliphatic carbocycles. The first-order chi connectivity index (χ1) is 16.9. The Bertz CT molecular complexity index is 1250. The van der Waals surface area contributed by atoms with Gasteiger partial charge in [-0.2, -0.15) is 0 Å². The van der Waals surface area contributed by atoms with Crippen LogP contribution in [0.15, 0.2) is 36.7 Å². The van der Waals surface area contributed by atoms with Crippen LogP contribution in [0.2, 0.25) is 5.02 Å². The first kappa shape index (κ1) is 25.5. The highest BCUT2D eigenvalue weighted by Crippen LogP contribution is 2.34. The smallest absolute Gasteiger partial charge is 0.168 e. The normalized spacial score (nSPS) is 18.2. The Balaban J connectivity index is 1.71. The fourth-order valence-corrected chi connectivity index (χ4v) is 5.75. The second kappa shape index (κ2) is 11.0. The largest absolute Gasteiger partial charge is 0.496 e. The van der Waals surface area contributed by atoms with Crippen molar-refractivity contribution < 1.29 is 22.6 Å². The lowest BCUT2D eigenvalue weighted by atomic mass is 10.1. The summed E-state index contributed by atoms with van der Waals surface area (Å²) in [5.74, 6) is 1.41. The molecule has 2 aromatic heterocycles. The van der Waals surface area contributed by atoms with Gasteiger partial charge in [-0.1, -0.05) is 23.7 Å². The SMILES string of the molecule is COc1ccccc1-c1nnc(CS(=O)(=O)[C@@H](C)[C@H](OC)c2ncc(Cl)cn2)n1[C@@H]1CCCOC1. The van der Waals surface area contributed by atoms with Gasteiger partial charge in [-0.05, 0) is 31.9 Å². The van der Waals surface area contributed by atoms with Crippen LogP contribution in [-0.4, -0.2) is 65.8 Å². The van der Waals surface area contributed by atoms with Crippen molar-refractivity contribution in [2.75, 3.05) is 27.4 Å². The number of ether oxygens (including phenoxy) is 3. The number of sulfone groups is 1. The molecule has 1 aliphatic rings. The van der Waals surface area contributed by atoms with Gasteiger partial charge in [-0.25, -0.2) is 18.4 Å². The van der Waals surface area contributed by atoms with Gasteiger partial charge in [0.1, 0.15) is 23.4 Å². The summed E-state index contributed by atoms with van der Waals surface area (Å²) in [5, 5.41) is 8.11. The molecule has 3 heterocycles. The predicted octanol–water partition coefficient (Wildman–Crippen LogP) is 3.44. The Morgan fingerprint density at radius 2 is 1.94 bits per heavy atom. The van der Waals surface area contributed by atoms with E-state index in [4.69, 9.17) is 25.8 Å². The number of benzene rings is 1. The van der Waals surface area contributed by atoms with Crippen LogP contribution >= 0.6 is 11.6 Å². The van der Waals surface area contributed by atoms with Crippen LogP contribution < -0.4 is 4.74 Å². The van der Waals surface area contributed by atoms with Gasteiger partial charge in [0.05, 0.1) is 35.6 Å². The van der Waals surface area contributed by atoms with Crippen LogP contribution in [-0.2, 0) is 25.1 Å². The number of halogens is 1. The lowest BCUT2D eigenvalue weighted by molar-refractivity contribution is 0.0588. The van der Waals surface area contributed by atoms with Crippen molar-refractivity contribution in [1.29, 1.82) is 0 Å². The Labute approximate surface area is 209 Å². The molecule has 188 valence electrons. The van der Waals surface area contributed by atoms with Crippen LogP contribution in [0.5, 0.6) is 5.75 Å². The highest BCUT2D eigenvalue weighted by atomic mass is 35.5. The van der Waals surface area contributed by atoms with Gasteiger partial charge in [0.2, 0.25) is 0 Å². The quantitative estimate of drug-likeness (QED) is 0.417. The Kier molecular flexibility index (Phi) is 8.00. The number of hydrogen-bond donors (Lipinski definition) is 0. The summed E-state index contributed by atoms with van der Waals surface area (Å²) in [6.45, 7) is 2.69. The van der Waals surface area contributed by atoms with Gasteiger partial charge >= 0.3 is 0 Å². The summed E-state index contributed by atoms with van der Waals surface area (Å²) >= 11 is 5.88. The minimum atomic E-state index is -3.76. The van der Waals surface area contributed by atoms with Crippen molar-refractivity contribution in [3.63, 3.8) is 0 Å². The number of hydrogen-bond acceptors (Lipinski definition) is 9. The summed E-state index contributed by atoms with van der Waals surface area (Å²) in [5.41, 5.74) is 0.731. The third-order valence-corrected chi connectivity index (χ3v) is 8.32. The summed E-state index contributed by atoms with van der Waals surface area (Å²) in [4.78, 5) is 8.30. The second-order valence-corrected chi connectivity index (χ2v) is 11.1. The van der Waals surface area contributed by atoms with Crippen molar-refractivity contribution in [3.05, 3.63) is 53.3 Å². The molecule has 0 amide bonds. The molecule has 0 N–H and O–H groups in total. The van der Waals surface area contributed by atoms with Crippen molar-refractivity contribution in [2.45, 2.75) is 42.9 Å². The highest BCUT2D eigenvalue weighted by molar-refractivity contribution is 7.91. The molecule has 4 rings (SSSR count). The molecule has 0 bridgehead atoms. The van der Waals surface area contributed by atoms with Crippen molar-refractivity contribution >= 4 is 21.4 Å². The zero-order valence-electron chi connectivity index (χ0n) is 19.8. The van der Waals surface area contributed by atoms with Crippen LogP contribution in [0.4, 0.5) is 0 Å². The zero-order chi connectivity index (χ0) is 25.0. The highest BCUT2D eigenvalue weighted by Gasteiger charge is 2.35. The van der Waals surface area contributed by atoms with Gasteiger partial charge in [0, 0.05) is 26.1 Å². The second-order valence-electron chi connectivity index (χ2n) is 8.31. The van der Waals surface area contributed by atoms with E-state index in [1.807, 2.05) is 28.8 Å². The molecule has 0 unspecified atom stereocenters. The van der Waals surface area contributed by atoms with Crippen molar-refractivity contribution in [3.8, 4) is 17.1 Å². The van der Waals surface area contributed by atoms with E-state index < -0.39 is 21.2 Å². The average molecular weight is 522 g/mol. The molecule has 3 aromatic rings. The standard InChI is InChI=1S/C23H28ClN5O5S/c1-15(21(33-3)22-25-11-16(24)12-26-22)35(30,31)14-20-27-28-23(18-8-4-5-9-19(18)32-2)29(20)17-7-6-10-34-13-17/h4-5,8-9,11-12,15,17,21H,6-7,10,13-14H2,1-3H3/t15-,17+,21-/m0/s1. The number of para-hydroxylation sites is 1. The van der Waals surface area contributed by atoms with Gasteiger partial charge < -0.3 is 18.8 Å². The average Bonchev–Trinajstić information content (AvgIpc) is 3.28. The molecule has 1 fully saturated rings. The minimum absolute atomic E-state index is 0.100. The van der Waals surface area contributed by atoms with E-state index in [0.717, 1.165) is 18.4 Å². The Hall–Kier alpha value is -2.60. The molecule has 1 saturated heterocycles. The third-order valence-electron chi connectivity index (χ3n) is 6.09. The van der Waals surface area contributed by atoms with Gasteiger partial charge in [-0.3, -0.25) is 0 Å². The maximum Gasteiger partial charge on any atom is 0.168 e. The summed E-state index contributed by atoms with van der Waals surface area (Å²) in [6, 6.07) is 7.35. The van der Waals surface area contributed by atoms with Crippen LogP contribution in [0, 0.1) is 0 Å². The molecule has 0 spiro atoms. The van der Waals surface area contributed by atoms with E-state index in [2.05, 4.69) is 20.2 Å². The molecule has 35 heavy (non-hydrogen) atoms.